The summed E-state index contributed by atoms with van der Waals surface area (Å²) in [7, 11) is 0. The van der Waals surface area contributed by atoms with Crippen LogP contribution in [0, 0.1) is 0 Å². The topological polar surface area (TPSA) is 41.6 Å². The van der Waals surface area contributed by atoms with Gasteiger partial charge in [-0.05, 0) is 30.5 Å². The maximum absolute atomic E-state index is 12.6. The third kappa shape index (κ3) is 4.13. The van der Waals surface area contributed by atoms with Gasteiger partial charge in [0.2, 0.25) is 5.91 Å². The van der Waals surface area contributed by atoms with E-state index in [4.69, 9.17) is 27.9 Å². The van der Waals surface area contributed by atoms with Gasteiger partial charge in [0.15, 0.2) is 0 Å². The minimum atomic E-state index is -0.0173. The summed E-state index contributed by atoms with van der Waals surface area (Å²) in [5.41, 5.74) is 1.01. The fourth-order valence-electron chi connectivity index (χ4n) is 2.70. The number of nitrogens with zero attached hydrogens (tertiary/aromatic N) is 1. The van der Waals surface area contributed by atoms with Crippen LogP contribution < -0.4 is 5.32 Å². The SMILES string of the molecule is O=C(C[C@H]1CNCCO1)N(Cc1ccc(Cl)c(Cl)c1)C1CC1. The molecule has 1 heterocycles. The van der Waals surface area contributed by atoms with Gasteiger partial charge in [0.1, 0.15) is 0 Å². The van der Waals surface area contributed by atoms with E-state index in [-0.39, 0.29) is 12.0 Å². The van der Waals surface area contributed by atoms with Crippen LogP contribution >= 0.6 is 23.2 Å². The third-order valence-electron chi connectivity index (χ3n) is 4.05. The molecule has 120 valence electrons. The Morgan fingerprint density at radius 1 is 1.32 bits per heavy atom. The number of hydrogen-bond acceptors (Lipinski definition) is 3. The molecular weight excluding hydrogens is 323 g/mol. The second-order valence-electron chi connectivity index (χ2n) is 5.90. The fraction of sp³-hybridized carbons (Fsp3) is 0.562. The highest BCUT2D eigenvalue weighted by molar-refractivity contribution is 6.42. The standard InChI is InChI=1S/C16H20Cl2N2O2/c17-14-4-1-11(7-15(14)18)10-20(12-2-3-12)16(21)8-13-9-19-5-6-22-13/h1,4,7,12-13,19H,2-3,5-6,8-10H2/t13-/m0/s1. The summed E-state index contributed by atoms with van der Waals surface area (Å²) in [4.78, 5) is 14.6. The minimum Gasteiger partial charge on any atom is -0.375 e. The number of benzene rings is 1. The van der Waals surface area contributed by atoms with E-state index in [1.165, 1.54) is 0 Å². The van der Waals surface area contributed by atoms with Gasteiger partial charge in [0.25, 0.3) is 0 Å². The highest BCUT2D eigenvalue weighted by Gasteiger charge is 2.33. The summed E-state index contributed by atoms with van der Waals surface area (Å²) in [6, 6.07) is 5.91. The lowest BCUT2D eigenvalue weighted by atomic mass is 10.1. The number of carbonyl (C=O) groups is 1. The van der Waals surface area contributed by atoms with Crippen LogP contribution in [-0.4, -0.2) is 42.6 Å². The molecule has 1 atom stereocenters. The highest BCUT2D eigenvalue weighted by atomic mass is 35.5. The summed E-state index contributed by atoms with van der Waals surface area (Å²) < 4.78 is 5.64. The van der Waals surface area contributed by atoms with E-state index < -0.39 is 0 Å². The van der Waals surface area contributed by atoms with Crippen molar-refractivity contribution in [2.45, 2.75) is 38.0 Å². The van der Waals surface area contributed by atoms with Gasteiger partial charge in [0.05, 0.1) is 29.2 Å². The van der Waals surface area contributed by atoms with Gasteiger partial charge < -0.3 is 15.0 Å². The molecule has 1 aliphatic carbocycles. The first-order valence-corrected chi connectivity index (χ1v) is 8.45. The lowest BCUT2D eigenvalue weighted by Crippen LogP contribution is -2.42. The molecule has 1 saturated carbocycles. The second kappa shape index (κ2) is 7.18. The van der Waals surface area contributed by atoms with Crippen LogP contribution in [0.3, 0.4) is 0 Å². The summed E-state index contributed by atoms with van der Waals surface area (Å²) >= 11 is 12.0. The Hall–Kier alpha value is -0.810. The molecule has 0 bridgehead atoms. The normalized spacial score (nSPS) is 21.6. The Labute approximate surface area is 140 Å². The zero-order chi connectivity index (χ0) is 15.5. The number of ether oxygens (including phenoxy) is 1. The number of rotatable bonds is 5. The number of hydrogen-bond donors (Lipinski definition) is 1. The zero-order valence-corrected chi connectivity index (χ0v) is 13.9. The van der Waals surface area contributed by atoms with Crippen LogP contribution in [0.4, 0.5) is 0 Å². The van der Waals surface area contributed by atoms with Crippen molar-refractivity contribution >= 4 is 29.1 Å². The molecule has 3 rings (SSSR count). The van der Waals surface area contributed by atoms with Crippen molar-refractivity contribution in [1.82, 2.24) is 10.2 Å². The van der Waals surface area contributed by atoms with Crippen LogP contribution in [0.5, 0.6) is 0 Å². The number of amides is 1. The summed E-state index contributed by atoms with van der Waals surface area (Å²) in [5, 5.41) is 4.33. The number of morpholine rings is 1. The van der Waals surface area contributed by atoms with Crippen molar-refractivity contribution in [1.29, 1.82) is 0 Å². The van der Waals surface area contributed by atoms with E-state index in [1.807, 2.05) is 17.0 Å². The maximum atomic E-state index is 12.6. The highest BCUT2D eigenvalue weighted by Crippen LogP contribution is 2.30. The van der Waals surface area contributed by atoms with Crippen molar-refractivity contribution in [3.63, 3.8) is 0 Å². The molecule has 0 unspecified atom stereocenters. The van der Waals surface area contributed by atoms with Gasteiger partial charge in [-0.1, -0.05) is 29.3 Å². The smallest absolute Gasteiger partial charge is 0.225 e. The van der Waals surface area contributed by atoms with Crippen LogP contribution in [0.25, 0.3) is 0 Å². The largest absolute Gasteiger partial charge is 0.375 e. The Bertz CT molecular complexity index is 543. The molecule has 1 saturated heterocycles. The Morgan fingerprint density at radius 2 is 2.14 bits per heavy atom. The molecule has 2 aliphatic rings. The van der Waals surface area contributed by atoms with Crippen LogP contribution in [0.1, 0.15) is 24.8 Å². The molecule has 6 heteroatoms. The van der Waals surface area contributed by atoms with Crippen molar-refractivity contribution < 1.29 is 9.53 Å². The van der Waals surface area contributed by atoms with Crippen molar-refractivity contribution in [2.24, 2.45) is 0 Å². The lowest BCUT2D eigenvalue weighted by molar-refractivity contribution is -0.136. The van der Waals surface area contributed by atoms with Crippen LogP contribution in [0.15, 0.2) is 18.2 Å². The lowest BCUT2D eigenvalue weighted by Gasteiger charge is -2.28. The summed E-state index contributed by atoms with van der Waals surface area (Å²) in [5.74, 6) is 0.155. The molecule has 2 fully saturated rings. The molecule has 0 spiro atoms. The third-order valence-corrected chi connectivity index (χ3v) is 4.79. The molecule has 22 heavy (non-hydrogen) atoms. The predicted molar refractivity (Wildman–Crippen MR) is 87.3 cm³/mol. The number of halogens is 2. The molecular formula is C16H20Cl2N2O2. The molecule has 4 nitrogen and oxygen atoms in total. The minimum absolute atomic E-state index is 0.0173. The molecule has 1 amide bonds. The second-order valence-corrected chi connectivity index (χ2v) is 6.72. The van der Waals surface area contributed by atoms with E-state index in [9.17, 15) is 4.79 Å². The Kier molecular flexibility index (Phi) is 5.24. The average molecular weight is 343 g/mol. The Morgan fingerprint density at radius 3 is 2.77 bits per heavy atom. The fourth-order valence-corrected chi connectivity index (χ4v) is 3.03. The van der Waals surface area contributed by atoms with Gasteiger partial charge >= 0.3 is 0 Å². The quantitative estimate of drug-likeness (QED) is 0.894. The van der Waals surface area contributed by atoms with Gasteiger partial charge in [-0.2, -0.15) is 0 Å². The van der Waals surface area contributed by atoms with Gasteiger partial charge in [-0.15, -0.1) is 0 Å². The van der Waals surface area contributed by atoms with Gasteiger partial charge in [0, 0.05) is 25.7 Å². The van der Waals surface area contributed by atoms with Crippen LogP contribution in [-0.2, 0) is 16.1 Å². The van der Waals surface area contributed by atoms with Gasteiger partial charge in [-0.3, -0.25) is 4.79 Å². The monoisotopic (exact) mass is 342 g/mol. The summed E-state index contributed by atoms with van der Waals surface area (Å²) in [6.45, 7) is 2.87. The van der Waals surface area contributed by atoms with E-state index in [0.29, 0.717) is 35.7 Å². The number of nitrogens with one attached hydrogen (secondary N) is 1. The van der Waals surface area contributed by atoms with E-state index >= 15 is 0 Å². The molecule has 0 aromatic heterocycles. The zero-order valence-electron chi connectivity index (χ0n) is 12.4. The predicted octanol–water partition coefficient (Wildman–Crippen LogP) is 2.86. The van der Waals surface area contributed by atoms with Crippen LogP contribution in [0.2, 0.25) is 10.0 Å². The molecule has 0 radical (unpaired) electrons. The first-order valence-electron chi connectivity index (χ1n) is 7.69. The van der Waals surface area contributed by atoms with Crippen molar-refractivity contribution in [3.05, 3.63) is 33.8 Å². The molecule has 1 aliphatic heterocycles. The maximum Gasteiger partial charge on any atom is 0.225 e. The van der Waals surface area contributed by atoms with Crippen molar-refractivity contribution in [3.8, 4) is 0 Å². The van der Waals surface area contributed by atoms with E-state index in [0.717, 1.165) is 31.5 Å². The first kappa shape index (κ1) is 16.1. The summed E-state index contributed by atoms with van der Waals surface area (Å²) in [6.07, 6.45) is 2.58. The average Bonchev–Trinajstić information content (AvgIpc) is 3.34. The molecule has 1 N–H and O–H groups in total. The first-order chi connectivity index (χ1) is 10.6. The van der Waals surface area contributed by atoms with Crippen molar-refractivity contribution in [2.75, 3.05) is 19.7 Å². The van der Waals surface area contributed by atoms with E-state index in [1.54, 1.807) is 6.07 Å². The molecule has 1 aromatic carbocycles. The Balaban J connectivity index is 1.64. The number of carbonyl (C=O) groups excluding carboxylic acids is 1. The van der Waals surface area contributed by atoms with E-state index in [2.05, 4.69) is 5.32 Å². The van der Waals surface area contributed by atoms with Gasteiger partial charge in [-0.25, -0.2) is 0 Å². The molecule has 1 aromatic rings.